The van der Waals surface area contributed by atoms with E-state index in [9.17, 15) is 4.79 Å². The standard InChI is InChI=1S/C18H13N5O2/c24-17(15-11-19-13-8-4-5-9-14(13)20-15)21-18-23-22-16(25-18)10-12-6-2-1-3-7-12/h1-9,11H,10H2,(H,21,23,24). The molecule has 7 nitrogen and oxygen atoms in total. The first-order valence-corrected chi connectivity index (χ1v) is 7.67. The first-order chi connectivity index (χ1) is 12.3. The number of nitrogens with one attached hydrogen (secondary N) is 1. The van der Waals surface area contributed by atoms with E-state index in [1.165, 1.54) is 6.20 Å². The topological polar surface area (TPSA) is 93.8 Å². The molecule has 7 heteroatoms. The average molecular weight is 331 g/mol. The van der Waals surface area contributed by atoms with Gasteiger partial charge in [-0.25, -0.2) is 4.98 Å². The summed E-state index contributed by atoms with van der Waals surface area (Å²) in [6, 6.07) is 17.1. The van der Waals surface area contributed by atoms with Crippen LogP contribution in [0.3, 0.4) is 0 Å². The lowest BCUT2D eigenvalue weighted by Gasteiger charge is -2.01. The number of para-hydroxylation sites is 2. The molecule has 0 aliphatic heterocycles. The van der Waals surface area contributed by atoms with Crippen molar-refractivity contribution in [3.63, 3.8) is 0 Å². The van der Waals surface area contributed by atoms with Gasteiger partial charge in [0.2, 0.25) is 5.89 Å². The molecule has 2 aromatic heterocycles. The SMILES string of the molecule is O=C(Nc1nnc(Cc2ccccc2)o1)c1cnc2ccccc2n1. The summed E-state index contributed by atoms with van der Waals surface area (Å²) in [5, 5.41) is 10.3. The van der Waals surface area contributed by atoms with Crippen molar-refractivity contribution in [2.45, 2.75) is 6.42 Å². The third-order valence-electron chi connectivity index (χ3n) is 3.57. The van der Waals surface area contributed by atoms with Gasteiger partial charge in [-0.2, -0.15) is 0 Å². The summed E-state index contributed by atoms with van der Waals surface area (Å²) < 4.78 is 5.46. The fourth-order valence-electron chi connectivity index (χ4n) is 2.37. The molecule has 25 heavy (non-hydrogen) atoms. The predicted octanol–water partition coefficient (Wildman–Crippen LogP) is 2.86. The van der Waals surface area contributed by atoms with Crippen LogP contribution < -0.4 is 5.32 Å². The lowest BCUT2D eigenvalue weighted by atomic mass is 10.2. The molecule has 0 atom stereocenters. The summed E-state index contributed by atoms with van der Waals surface area (Å²) >= 11 is 0. The zero-order chi connectivity index (χ0) is 17.1. The Hall–Kier alpha value is -3.61. The summed E-state index contributed by atoms with van der Waals surface area (Å²) in [5.41, 5.74) is 2.60. The molecule has 1 amide bonds. The molecular weight excluding hydrogens is 318 g/mol. The number of benzene rings is 2. The second kappa shape index (κ2) is 6.48. The molecule has 0 aliphatic carbocycles. The summed E-state index contributed by atoms with van der Waals surface area (Å²) in [7, 11) is 0. The number of carbonyl (C=O) groups is 1. The molecule has 0 spiro atoms. The zero-order valence-corrected chi connectivity index (χ0v) is 13.1. The summed E-state index contributed by atoms with van der Waals surface area (Å²) in [4.78, 5) is 20.8. The number of anilines is 1. The maximum absolute atomic E-state index is 12.3. The molecule has 2 heterocycles. The maximum atomic E-state index is 12.3. The van der Waals surface area contributed by atoms with Crippen molar-refractivity contribution >= 4 is 23.0 Å². The third-order valence-corrected chi connectivity index (χ3v) is 3.57. The second-order valence-electron chi connectivity index (χ2n) is 5.36. The van der Waals surface area contributed by atoms with Crippen LogP contribution in [0.25, 0.3) is 11.0 Å². The Morgan fingerprint density at radius 3 is 2.56 bits per heavy atom. The quantitative estimate of drug-likeness (QED) is 0.618. The van der Waals surface area contributed by atoms with Crippen LogP contribution >= 0.6 is 0 Å². The molecule has 4 rings (SSSR count). The Bertz CT molecular complexity index is 1030. The van der Waals surface area contributed by atoms with Crippen LogP contribution in [0.4, 0.5) is 6.01 Å². The smallest absolute Gasteiger partial charge is 0.322 e. The lowest BCUT2D eigenvalue weighted by molar-refractivity contribution is 0.101. The molecule has 0 bridgehead atoms. The van der Waals surface area contributed by atoms with E-state index in [4.69, 9.17) is 4.42 Å². The number of fused-ring (bicyclic) bond motifs is 1. The van der Waals surface area contributed by atoms with Gasteiger partial charge in [0.05, 0.1) is 23.7 Å². The third kappa shape index (κ3) is 3.35. The Morgan fingerprint density at radius 2 is 1.72 bits per heavy atom. The molecule has 1 N–H and O–H groups in total. The largest absolute Gasteiger partial charge is 0.407 e. The van der Waals surface area contributed by atoms with Gasteiger partial charge in [0.15, 0.2) is 0 Å². The number of carbonyl (C=O) groups excluding carboxylic acids is 1. The van der Waals surface area contributed by atoms with Crippen molar-refractivity contribution in [3.8, 4) is 0 Å². The molecule has 2 aromatic carbocycles. The monoisotopic (exact) mass is 331 g/mol. The van der Waals surface area contributed by atoms with Crippen molar-refractivity contribution in [2.24, 2.45) is 0 Å². The van der Waals surface area contributed by atoms with Crippen LogP contribution in [0.15, 0.2) is 65.2 Å². The van der Waals surface area contributed by atoms with Gasteiger partial charge in [-0.05, 0) is 17.7 Å². The molecular formula is C18H13N5O2. The van der Waals surface area contributed by atoms with E-state index in [0.717, 1.165) is 11.1 Å². The van der Waals surface area contributed by atoms with Crippen molar-refractivity contribution in [2.75, 3.05) is 5.32 Å². The second-order valence-corrected chi connectivity index (χ2v) is 5.36. The Morgan fingerprint density at radius 1 is 0.960 bits per heavy atom. The number of aromatic nitrogens is 4. The minimum Gasteiger partial charge on any atom is -0.407 e. The van der Waals surface area contributed by atoms with E-state index in [-0.39, 0.29) is 11.7 Å². The number of rotatable bonds is 4. The van der Waals surface area contributed by atoms with Crippen molar-refractivity contribution < 1.29 is 9.21 Å². The highest BCUT2D eigenvalue weighted by Gasteiger charge is 2.14. The normalized spacial score (nSPS) is 10.7. The molecule has 4 aromatic rings. The van der Waals surface area contributed by atoms with Crippen LogP contribution in [0.2, 0.25) is 0 Å². The zero-order valence-electron chi connectivity index (χ0n) is 13.1. The minimum absolute atomic E-state index is 0.0332. The van der Waals surface area contributed by atoms with E-state index >= 15 is 0 Å². The highest BCUT2D eigenvalue weighted by molar-refractivity contribution is 6.02. The fraction of sp³-hybridized carbons (Fsp3) is 0.0556. The van der Waals surface area contributed by atoms with Crippen LogP contribution in [-0.4, -0.2) is 26.1 Å². The predicted molar refractivity (Wildman–Crippen MR) is 91.0 cm³/mol. The maximum Gasteiger partial charge on any atom is 0.322 e. The van der Waals surface area contributed by atoms with Gasteiger partial charge in [-0.3, -0.25) is 15.1 Å². The van der Waals surface area contributed by atoms with Crippen LogP contribution in [0.5, 0.6) is 0 Å². The summed E-state index contributed by atoms with van der Waals surface area (Å²) in [6.07, 6.45) is 1.92. The van der Waals surface area contributed by atoms with Gasteiger partial charge in [-0.1, -0.05) is 47.6 Å². The summed E-state index contributed by atoms with van der Waals surface area (Å²) in [6.45, 7) is 0. The Balaban J connectivity index is 1.48. The van der Waals surface area contributed by atoms with Gasteiger partial charge >= 0.3 is 6.01 Å². The Kier molecular flexibility index (Phi) is 3.88. The van der Waals surface area contributed by atoms with E-state index < -0.39 is 5.91 Å². The molecule has 0 saturated heterocycles. The number of hydrogen-bond donors (Lipinski definition) is 1. The van der Waals surface area contributed by atoms with Gasteiger partial charge in [0, 0.05) is 0 Å². The van der Waals surface area contributed by atoms with Crippen molar-refractivity contribution in [3.05, 3.63) is 77.9 Å². The molecule has 0 radical (unpaired) electrons. The van der Waals surface area contributed by atoms with E-state index in [1.54, 1.807) is 6.07 Å². The van der Waals surface area contributed by atoms with Gasteiger partial charge < -0.3 is 4.42 Å². The number of nitrogens with zero attached hydrogens (tertiary/aromatic N) is 4. The number of amides is 1. The molecule has 0 aliphatic rings. The minimum atomic E-state index is -0.451. The van der Waals surface area contributed by atoms with Crippen LogP contribution in [-0.2, 0) is 6.42 Å². The average Bonchev–Trinajstić information content (AvgIpc) is 3.09. The van der Waals surface area contributed by atoms with Gasteiger partial charge in [0.25, 0.3) is 5.91 Å². The summed E-state index contributed by atoms with van der Waals surface area (Å²) in [5.74, 6) is -0.0285. The van der Waals surface area contributed by atoms with E-state index in [2.05, 4.69) is 25.5 Å². The molecule has 122 valence electrons. The van der Waals surface area contributed by atoms with Crippen molar-refractivity contribution in [1.29, 1.82) is 0 Å². The van der Waals surface area contributed by atoms with Crippen LogP contribution in [0, 0.1) is 0 Å². The number of hydrogen-bond acceptors (Lipinski definition) is 6. The Labute approximate surface area is 142 Å². The van der Waals surface area contributed by atoms with Crippen molar-refractivity contribution in [1.82, 2.24) is 20.2 Å². The van der Waals surface area contributed by atoms with Gasteiger partial charge in [-0.15, -0.1) is 5.10 Å². The van der Waals surface area contributed by atoms with E-state index in [0.29, 0.717) is 17.8 Å². The highest BCUT2D eigenvalue weighted by atomic mass is 16.4. The fourth-order valence-corrected chi connectivity index (χ4v) is 2.37. The molecule has 0 saturated carbocycles. The molecule has 0 unspecified atom stereocenters. The first-order valence-electron chi connectivity index (χ1n) is 7.67. The first kappa shape index (κ1) is 14.9. The van der Waals surface area contributed by atoms with E-state index in [1.807, 2.05) is 48.5 Å². The van der Waals surface area contributed by atoms with Gasteiger partial charge in [0.1, 0.15) is 5.69 Å². The lowest BCUT2D eigenvalue weighted by Crippen LogP contribution is -2.14. The van der Waals surface area contributed by atoms with Crippen LogP contribution in [0.1, 0.15) is 21.9 Å². The molecule has 0 fully saturated rings. The highest BCUT2D eigenvalue weighted by Crippen LogP contribution is 2.13.